The summed E-state index contributed by atoms with van der Waals surface area (Å²) in [7, 11) is 0. The number of epoxide rings is 1. The quantitative estimate of drug-likeness (QED) is 0.413. The van der Waals surface area contributed by atoms with Crippen LogP contribution in [0.15, 0.2) is 0 Å². The highest BCUT2D eigenvalue weighted by Crippen LogP contribution is 2.26. The minimum Gasteiger partial charge on any atom is -0.394 e. The van der Waals surface area contributed by atoms with Crippen LogP contribution in [0, 0.1) is 0 Å². The minimum absolute atomic E-state index is 0.175. The summed E-state index contributed by atoms with van der Waals surface area (Å²) < 4.78 is 5.30. The second kappa shape index (κ2) is 9.90. The Morgan fingerprint density at radius 2 is 1.29 bits per heavy atom. The fraction of sp³-hybridized carbons (Fsp3) is 1.00. The largest absolute Gasteiger partial charge is 0.394 e. The first-order valence-electron chi connectivity index (χ1n) is 7.64. The van der Waals surface area contributed by atoms with Crippen molar-refractivity contribution >= 4 is 0 Å². The third-order valence-corrected chi connectivity index (χ3v) is 3.71. The summed E-state index contributed by atoms with van der Waals surface area (Å²) in [5.41, 5.74) is 0. The van der Waals surface area contributed by atoms with Crippen LogP contribution in [-0.4, -0.2) is 23.9 Å². The van der Waals surface area contributed by atoms with Gasteiger partial charge in [0.2, 0.25) is 0 Å². The molecule has 1 fully saturated rings. The molecule has 0 bridgehead atoms. The highest BCUT2D eigenvalue weighted by atomic mass is 16.6. The Hall–Kier alpha value is -0.0800. The van der Waals surface area contributed by atoms with E-state index in [9.17, 15) is 0 Å². The van der Waals surface area contributed by atoms with Crippen molar-refractivity contribution in [2.24, 2.45) is 0 Å². The Morgan fingerprint density at radius 3 is 1.76 bits per heavy atom. The number of aliphatic hydroxyl groups excluding tert-OH is 1. The molecule has 0 radical (unpaired) electrons. The van der Waals surface area contributed by atoms with Crippen molar-refractivity contribution in [3.63, 3.8) is 0 Å². The normalized spacial score (nSPS) is 22.9. The van der Waals surface area contributed by atoms with Gasteiger partial charge in [0.15, 0.2) is 0 Å². The molecule has 2 nitrogen and oxygen atoms in total. The standard InChI is InChI=1S/C15H30O2/c1-2-3-4-5-6-7-8-9-10-11-12-14-15(13-16)17-14/h14-16H,2-13H2,1H3/t14-,15+/m1/s1. The molecule has 0 aromatic heterocycles. The molecule has 0 aromatic carbocycles. The van der Waals surface area contributed by atoms with E-state index < -0.39 is 0 Å². The number of aliphatic hydroxyl groups is 1. The van der Waals surface area contributed by atoms with E-state index in [1.54, 1.807) is 0 Å². The first-order valence-corrected chi connectivity index (χ1v) is 7.64. The Bertz CT molecular complexity index is 170. The lowest BCUT2D eigenvalue weighted by Crippen LogP contribution is -1.98. The molecule has 2 atom stereocenters. The highest BCUT2D eigenvalue weighted by Gasteiger charge is 2.36. The number of hydrogen-bond acceptors (Lipinski definition) is 2. The monoisotopic (exact) mass is 242 g/mol. The summed E-state index contributed by atoms with van der Waals surface area (Å²) in [6.07, 6.45) is 15.6. The van der Waals surface area contributed by atoms with Crippen molar-refractivity contribution in [3.05, 3.63) is 0 Å². The van der Waals surface area contributed by atoms with Crippen molar-refractivity contribution in [3.8, 4) is 0 Å². The molecular weight excluding hydrogens is 212 g/mol. The average Bonchev–Trinajstić information content (AvgIpc) is 3.10. The second-order valence-electron chi connectivity index (χ2n) is 5.37. The van der Waals surface area contributed by atoms with Crippen molar-refractivity contribution in [2.75, 3.05) is 6.61 Å². The van der Waals surface area contributed by atoms with E-state index in [2.05, 4.69) is 6.92 Å². The van der Waals surface area contributed by atoms with Gasteiger partial charge >= 0.3 is 0 Å². The van der Waals surface area contributed by atoms with Crippen LogP contribution in [-0.2, 0) is 4.74 Å². The summed E-state index contributed by atoms with van der Waals surface area (Å²) in [4.78, 5) is 0. The van der Waals surface area contributed by atoms with Crippen LogP contribution in [0.25, 0.3) is 0 Å². The molecular formula is C15H30O2. The third kappa shape index (κ3) is 7.77. The van der Waals surface area contributed by atoms with Gasteiger partial charge in [0.1, 0.15) is 6.10 Å². The van der Waals surface area contributed by atoms with Gasteiger partial charge in [0, 0.05) is 0 Å². The molecule has 102 valence electrons. The lowest BCUT2D eigenvalue weighted by atomic mass is 10.0. The van der Waals surface area contributed by atoms with Gasteiger partial charge in [-0.2, -0.15) is 0 Å². The van der Waals surface area contributed by atoms with Gasteiger partial charge in [-0.1, -0.05) is 71.1 Å². The van der Waals surface area contributed by atoms with Crippen LogP contribution in [0.5, 0.6) is 0 Å². The van der Waals surface area contributed by atoms with Crippen molar-refractivity contribution < 1.29 is 9.84 Å². The van der Waals surface area contributed by atoms with Crippen molar-refractivity contribution in [1.29, 1.82) is 0 Å². The SMILES string of the molecule is CCCCCCCCCCCC[C@H]1O[C@H]1CO. The lowest BCUT2D eigenvalue weighted by Gasteiger charge is -2.01. The predicted molar refractivity (Wildman–Crippen MR) is 72.2 cm³/mol. The highest BCUT2D eigenvalue weighted by molar-refractivity contribution is 4.83. The zero-order valence-corrected chi connectivity index (χ0v) is 11.5. The molecule has 17 heavy (non-hydrogen) atoms. The number of hydrogen-bond donors (Lipinski definition) is 1. The summed E-state index contributed by atoms with van der Waals surface area (Å²) in [5, 5.41) is 8.81. The van der Waals surface area contributed by atoms with Crippen molar-refractivity contribution in [2.45, 2.75) is 89.8 Å². The molecule has 1 rings (SSSR count). The van der Waals surface area contributed by atoms with Crippen LogP contribution in [0.2, 0.25) is 0 Å². The Balaban J connectivity index is 1.68. The van der Waals surface area contributed by atoms with Crippen LogP contribution >= 0.6 is 0 Å². The van der Waals surface area contributed by atoms with Crippen LogP contribution in [0.3, 0.4) is 0 Å². The molecule has 1 N–H and O–H groups in total. The molecule has 0 aliphatic carbocycles. The summed E-state index contributed by atoms with van der Waals surface area (Å²) in [5.74, 6) is 0. The number of rotatable bonds is 12. The minimum atomic E-state index is 0.175. The summed E-state index contributed by atoms with van der Waals surface area (Å²) in [6.45, 7) is 2.48. The maximum atomic E-state index is 8.81. The van der Waals surface area contributed by atoms with Gasteiger partial charge in [-0.05, 0) is 6.42 Å². The maximum Gasteiger partial charge on any atom is 0.107 e. The van der Waals surface area contributed by atoms with Gasteiger partial charge < -0.3 is 9.84 Å². The molecule has 0 amide bonds. The van der Waals surface area contributed by atoms with E-state index in [1.165, 1.54) is 64.2 Å². The average molecular weight is 242 g/mol. The Morgan fingerprint density at radius 1 is 0.765 bits per heavy atom. The van der Waals surface area contributed by atoms with Crippen LogP contribution < -0.4 is 0 Å². The molecule has 1 aliphatic rings. The van der Waals surface area contributed by atoms with Gasteiger partial charge in [-0.25, -0.2) is 0 Å². The smallest absolute Gasteiger partial charge is 0.107 e. The first-order chi connectivity index (χ1) is 8.38. The van der Waals surface area contributed by atoms with Gasteiger partial charge in [0.25, 0.3) is 0 Å². The zero-order valence-electron chi connectivity index (χ0n) is 11.5. The van der Waals surface area contributed by atoms with E-state index >= 15 is 0 Å². The number of unbranched alkanes of at least 4 members (excludes halogenated alkanes) is 9. The first kappa shape index (κ1) is 15.0. The molecule has 0 saturated carbocycles. The van der Waals surface area contributed by atoms with Crippen LogP contribution in [0.4, 0.5) is 0 Å². The summed E-state index contributed by atoms with van der Waals surface area (Å²) >= 11 is 0. The fourth-order valence-electron chi connectivity index (χ4n) is 2.43. The fourth-order valence-corrected chi connectivity index (χ4v) is 2.43. The van der Waals surface area contributed by atoms with Gasteiger partial charge in [-0.15, -0.1) is 0 Å². The van der Waals surface area contributed by atoms with Gasteiger partial charge in [-0.3, -0.25) is 0 Å². The molecule has 1 aliphatic heterocycles. The molecule has 2 heteroatoms. The molecule has 0 spiro atoms. The van der Waals surface area contributed by atoms with E-state index in [1.807, 2.05) is 0 Å². The topological polar surface area (TPSA) is 32.8 Å². The van der Waals surface area contributed by atoms with Crippen molar-refractivity contribution in [1.82, 2.24) is 0 Å². The predicted octanol–water partition coefficient (Wildman–Crippen LogP) is 4.06. The Kier molecular flexibility index (Phi) is 8.72. The van der Waals surface area contributed by atoms with E-state index in [4.69, 9.17) is 9.84 Å². The molecule has 0 aromatic rings. The second-order valence-corrected chi connectivity index (χ2v) is 5.37. The number of ether oxygens (including phenoxy) is 1. The summed E-state index contributed by atoms with van der Waals surface area (Å²) in [6, 6.07) is 0. The Labute approximate surface area is 107 Å². The van der Waals surface area contributed by atoms with E-state index in [0.29, 0.717) is 6.10 Å². The maximum absolute atomic E-state index is 8.81. The van der Waals surface area contributed by atoms with Crippen LogP contribution in [0.1, 0.15) is 77.6 Å². The van der Waals surface area contributed by atoms with Gasteiger partial charge in [0.05, 0.1) is 12.7 Å². The zero-order chi connectivity index (χ0) is 12.3. The molecule has 0 unspecified atom stereocenters. The van der Waals surface area contributed by atoms with E-state index in [-0.39, 0.29) is 12.7 Å². The third-order valence-electron chi connectivity index (χ3n) is 3.71. The molecule has 1 saturated heterocycles. The molecule has 1 heterocycles. The van der Waals surface area contributed by atoms with E-state index in [0.717, 1.165) is 6.42 Å². The lowest BCUT2D eigenvalue weighted by molar-refractivity contribution is 0.241.